The van der Waals surface area contributed by atoms with Crippen LogP contribution < -0.4 is 10.2 Å². The average Bonchev–Trinajstić information content (AvgIpc) is 2.69. The largest absolute Gasteiger partial charge is 0.353 e. The van der Waals surface area contributed by atoms with Crippen molar-refractivity contribution in [2.75, 3.05) is 23.3 Å². The number of fused-ring (bicyclic) bond motifs is 1. The summed E-state index contributed by atoms with van der Waals surface area (Å²) in [5, 5.41) is 11.3. The van der Waals surface area contributed by atoms with Crippen molar-refractivity contribution in [3.63, 3.8) is 0 Å². The maximum Gasteiger partial charge on any atom is 0.244 e. The van der Waals surface area contributed by atoms with Crippen molar-refractivity contribution in [3.05, 3.63) is 71.7 Å². The van der Waals surface area contributed by atoms with Crippen LogP contribution >= 0.6 is 0 Å². The molecule has 5 nitrogen and oxygen atoms in total. The first kappa shape index (κ1) is 16.4. The molecule has 1 N–H and O–H groups in total. The molecular formula is C20H20FN5. The number of hydrogen-bond acceptors (Lipinski definition) is 5. The second-order valence-corrected chi connectivity index (χ2v) is 6.29. The van der Waals surface area contributed by atoms with Crippen LogP contribution in [0.15, 0.2) is 54.7 Å². The standard InChI is InChI=1S/C20H20FN5/c21-17-9-3-1-6-15(17)11-12-22-20-24-19(14-23-25-20)26-13-5-8-16-7-2-4-10-18(16)26/h1-4,6-7,9-10,14H,5,8,11-13H2,(H,22,24,25). The molecule has 0 spiro atoms. The fourth-order valence-electron chi connectivity index (χ4n) is 3.28. The predicted octanol–water partition coefficient (Wildman–Crippen LogP) is 3.75. The highest BCUT2D eigenvalue weighted by molar-refractivity contribution is 5.65. The van der Waals surface area contributed by atoms with Gasteiger partial charge in [0.25, 0.3) is 0 Å². The molecule has 4 rings (SSSR count). The number of hydrogen-bond donors (Lipinski definition) is 1. The quantitative estimate of drug-likeness (QED) is 0.760. The number of nitrogens with zero attached hydrogens (tertiary/aromatic N) is 4. The van der Waals surface area contributed by atoms with Crippen LogP contribution in [0.3, 0.4) is 0 Å². The number of aromatic nitrogens is 3. The van der Waals surface area contributed by atoms with E-state index < -0.39 is 0 Å². The highest BCUT2D eigenvalue weighted by Crippen LogP contribution is 2.31. The summed E-state index contributed by atoms with van der Waals surface area (Å²) >= 11 is 0. The third-order valence-electron chi connectivity index (χ3n) is 4.57. The summed E-state index contributed by atoms with van der Waals surface area (Å²) < 4.78 is 13.7. The first-order chi connectivity index (χ1) is 12.8. The number of para-hydroxylation sites is 1. The molecule has 6 heteroatoms. The zero-order valence-corrected chi connectivity index (χ0v) is 14.4. The third-order valence-corrected chi connectivity index (χ3v) is 4.57. The van der Waals surface area contributed by atoms with E-state index in [1.807, 2.05) is 12.1 Å². The number of halogens is 1. The van der Waals surface area contributed by atoms with Gasteiger partial charge in [-0.2, -0.15) is 10.1 Å². The number of anilines is 3. The fraction of sp³-hybridized carbons (Fsp3) is 0.250. The molecule has 1 aromatic heterocycles. The van der Waals surface area contributed by atoms with Gasteiger partial charge in [-0.25, -0.2) is 4.39 Å². The molecular weight excluding hydrogens is 329 g/mol. The maximum atomic E-state index is 13.7. The minimum Gasteiger partial charge on any atom is -0.353 e. The molecule has 0 bridgehead atoms. The fourth-order valence-corrected chi connectivity index (χ4v) is 3.28. The molecule has 0 radical (unpaired) electrons. The molecule has 0 aliphatic carbocycles. The van der Waals surface area contributed by atoms with Crippen molar-refractivity contribution in [2.24, 2.45) is 0 Å². The molecule has 0 amide bonds. The number of rotatable bonds is 5. The van der Waals surface area contributed by atoms with E-state index in [-0.39, 0.29) is 5.82 Å². The number of benzene rings is 2. The Balaban J connectivity index is 1.47. The van der Waals surface area contributed by atoms with Gasteiger partial charge in [-0.3, -0.25) is 0 Å². The van der Waals surface area contributed by atoms with Gasteiger partial charge in [0.1, 0.15) is 5.82 Å². The Labute approximate surface area is 151 Å². The van der Waals surface area contributed by atoms with E-state index >= 15 is 0 Å². The Morgan fingerprint density at radius 2 is 1.92 bits per heavy atom. The highest BCUT2D eigenvalue weighted by atomic mass is 19.1. The van der Waals surface area contributed by atoms with Gasteiger partial charge >= 0.3 is 0 Å². The van der Waals surface area contributed by atoms with Crippen LogP contribution in [0, 0.1) is 5.82 Å². The summed E-state index contributed by atoms with van der Waals surface area (Å²) in [5.74, 6) is 1.05. The van der Waals surface area contributed by atoms with Gasteiger partial charge in [0.2, 0.25) is 5.95 Å². The van der Waals surface area contributed by atoms with Crippen LogP contribution in [-0.2, 0) is 12.8 Å². The van der Waals surface area contributed by atoms with Crippen molar-refractivity contribution in [2.45, 2.75) is 19.3 Å². The van der Waals surface area contributed by atoms with E-state index in [2.05, 4.69) is 43.6 Å². The Kier molecular flexibility index (Phi) is 4.73. The van der Waals surface area contributed by atoms with E-state index in [0.717, 1.165) is 25.2 Å². The van der Waals surface area contributed by atoms with Crippen molar-refractivity contribution >= 4 is 17.5 Å². The van der Waals surface area contributed by atoms with Gasteiger partial charge in [0.05, 0.1) is 6.20 Å². The molecule has 1 aliphatic rings. The lowest BCUT2D eigenvalue weighted by atomic mass is 10.0. The topological polar surface area (TPSA) is 53.9 Å². The van der Waals surface area contributed by atoms with Crippen molar-refractivity contribution in [3.8, 4) is 0 Å². The van der Waals surface area contributed by atoms with Crippen molar-refractivity contribution < 1.29 is 4.39 Å². The van der Waals surface area contributed by atoms with E-state index in [1.54, 1.807) is 18.3 Å². The lowest BCUT2D eigenvalue weighted by Crippen LogP contribution is -2.26. The maximum absolute atomic E-state index is 13.7. The van der Waals surface area contributed by atoms with Crippen molar-refractivity contribution in [1.82, 2.24) is 15.2 Å². The lowest BCUT2D eigenvalue weighted by Gasteiger charge is -2.30. The molecule has 132 valence electrons. The molecule has 0 atom stereocenters. The summed E-state index contributed by atoms with van der Waals surface area (Å²) in [7, 11) is 0. The molecule has 0 saturated carbocycles. The molecule has 0 unspecified atom stereocenters. The zero-order chi connectivity index (χ0) is 17.8. The second kappa shape index (κ2) is 7.47. The Hall–Kier alpha value is -3.02. The van der Waals surface area contributed by atoms with E-state index in [9.17, 15) is 4.39 Å². The van der Waals surface area contributed by atoms with Crippen LogP contribution in [-0.4, -0.2) is 28.3 Å². The minimum atomic E-state index is -0.188. The normalized spacial score (nSPS) is 13.3. The Bertz CT molecular complexity index is 899. The monoisotopic (exact) mass is 349 g/mol. The Morgan fingerprint density at radius 1 is 1.08 bits per heavy atom. The molecule has 1 aliphatic heterocycles. The van der Waals surface area contributed by atoms with Crippen LogP contribution in [0.4, 0.5) is 21.8 Å². The van der Waals surface area contributed by atoms with Gasteiger partial charge in [-0.15, -0.1) is 5.10 Å². The SMILES string of the molecule is Fc1ccccc1CCNc1nncc(N2CCCc3ccccc32)n1. The van der Waals surface area contributed by atoms with Gasteiger partial charge < -0.3 is 10.2 Å². The zero-order valence-electron chi connectivity index (χ0n) is 14.4. The summed E-state index contributed by atoms with van der Waals surface area (Å²) in [4.78, 5) is 6.77. The van der Waals surface area contributed by atoms with Gasteiger partial charge in [-0.1, -0.05) is 36.4 Å². The van der Waals surface area contributed by atoms with Gasteiger partial charge in [-0.05, 0) is 42.5 Å². The second-order valence-electron chi connectivity index (χ2n) is 6.29. The van der Waals surface area contributed by atoms with Crippen LogP contribution in [0.2, 0.25) is 0 Å². The van der Waals surface area contributed by atoms with E-state index in [1.165, 1.54) is 17.3 Å². The smallest absolute Gasteiger partial charge is 0.244 e. The van der Waals surface area contributed by atoms with Crippen molar-refractivity contribution in [1.29, 1.82) is 0 Å². The summed E-state index contributed by atoms with van der Waals surface area (Å²) in [5.41, 5.74) is 3.18. The molecule has 2 aromatic carbocycles. The summed E-state index contributed by atoms with van der Waals surface area (Å²) in [6.45, 7) is 1.45. The molecule has 0 saturated heterocycles. The summed E-state index contributed by atoms with van der Waals surface area (Å²) in [6, 6.07) is 15.2. The predicted molar refractivity (Wildman–Crippen MR) is 100 cm³/mol. The lowest BCUT2D eigenvalue weighted by molar-refractivity contribution is 0.610. The first-order valence-electron chi connectivity index (χ1n) is 8.84. The third kappa shape index (κ3) is 3.49. The van der Waals surface area contributed by atoms with Gasteiger partial charge in [0, 0.05) is 18.8 Å². The van der Waals surface area contributed by atoms with Crippen LogP contribution in [0.1, 0.15) is 17.5 Å². The number of nitrogens with one attached hydrogen (secondary N) is 1. The van der Waals surface area contributed by atoms with E-state index in [4.69, 9.17) is 0 Å². The minimum absolute atomic E-state index is 0.188. The molecule has 2 heterocycles. The molecule has 26 heavy (non-hydrogen) atoms. The summed E-state index contributed by atoms with van der Waals surface area (Å²) in [6.07, 6.45) is 4.41. The number of aryl methyl sites for hydroxylation is 1. The Morgan fingerprint density at radius 3 is 2.85 bits per heavy atom. The first-order valence-corrected chi connectivity index (χ1v) is 8.84. The molecule has 3 aromatic rings. The average molecular weight is 349 g/mol. The van der Waals surface area contributed by atoms with Crippen LogP contribution in [0.5, 0.6) is 0 Å². The molecule has 0 fully saturated rings. The van der Waals surface area contributed by atoms with Gasteiger partial charge in [0.15, 0.2) is 5.82 Å². The van der Waals surface area contributed by atoms with E-state index in [0.29, 0.717) is 24.5 Å². The van der Waals surface area contributed by atoms with Crippen LogP contribution in [0.25, 0.3) is 0 Å². The highest BCUT2D eigenvalue weighted by Gasteiger charge is 2.19.